The van der Waals surface area contributed by atoms with Gasteiger partial charge in [0.05, 0.1) is 5.56 Å². The van der Waals surface area contributed by atoms with Crippen LogP contribution in [0.2, 0.25) is 0 Å². The second-order valence-electron chi connectivity index (χ2n) is 10.6. The number of rotatable bonds is 9. The number of aryl methyl sites for hydroxylation is 2. The number of carboxylic acids is 1. The highest BCUT2D eigenvalue weighted by Gasteiger charge is 2.38. The highest BCUT2D eigenvalue weighted by atomic mass is 19.4. The number of nitrogens with zero attached hydrogens (tertiary/aromatic N) is 1. The van der Waals surface area contributed by atoms with Gasteiger partial charge in [-0.1, -0.05) is 43.3 Å². The third kappa shape index (κ3) is 6.43. The number of amides is 1. The molecule has 4 rings (SSSR count). The van der Waals surface area contributed by atoms with Gasteiger partial charge in [0.2, 0.25) is 0 Å². The summed E-state index contributed by atoms with van der Waals surface area (Å²) in [4.78, 5) is 38.2. The molecule has 7 nitrogen and oxygen atoms in total. The fourth-order valence-corrected chi connectivity index (χ4v) is 5.20. The molecule has 0 spiro atoms. The molecule has 4 aromatic rings. The molecule has 232 valence electrons. The van der Waals surface area contributed by atoms with Crippen LogP contribution in [0.3, 0.4) is 0 Å². The van der Waals surface area contributed by atoms with Gasteiger partial charge in [0.25, 0.3) is 11.5 Å². The molecule has 0 saturated carbocycles. The number of nitrogens with one attached hydrogen (secondary N) is 2. The highest BCUT2D eigenvalue weighted by Crippen LogP contribution is 2.32. The Morgan fingerprint density at radius 3 is 2.16 bits per heavy atom. The molecular formula is C32H30F5N3O4. The molecule has 0 aliphatic carbocycles. The van der Waals surface area contributed by atoms with Crippen LogP contribution in [0.1, 0.15) is 40.5 Å². The number of fused-ring (bicyclic) bond motifs is 1. The van der Waals surface area contributed by atoms with Gasteiger partial charge in [0.1, 0.15) is 29.3 Å². The Hall–Kier alpha value is -4.74. The number of benzene rings is 3. The number of hydrogen-bond donors (Lipinski definition) is 3. The normalized spacial score (nSPS) is 13.0. The molecule has 0 saturated heterocycles. The summed E-state index contributed by atoms with van der Waals surface area (Å²) in [5.41, 5.74) is 1.27. The maximum Gasteiger partial charge on any atom is 0.408 e. The number of carbonyl (C=O) groups excluding carboxylic acids is 1. The Morgan fingerprint density at radius 1 is 0.977 bits per heavy atom. The summed E-state index contributed by atoms with van der Waals surface area (Å²) < 4.78 is 70.5. The average molecular weight is 616 g/mol. The standard InChI is InChI=1S/C32H30F5N3O4/c1-5-26(32(35,36)37)38-19-14-23(33)28(24(34)15-19)29(41)39-25(31(43)44)13-18-10-11-22(21-9-7-6-8-20(18)21)27-16(2)12-17(3)40(4)30(27)42/h6-12,14-15,25-26,38H,5,13H2,1-4H3,(H,39,41)(H,43,44)/t25-,26+/m0/s1. The first-order valence-electron chi connectivity index (χ1n) is 13.7. The van der Waals surface area contributed by atoms with Gasteiger partial charge < -0.3 is 20.3 Å². The van der Waals surface area contributed by atoms with E-state index in [2.05, 4.69) is 5.32 Å². The second kappa shape index (κ2) is 12.5. The second-order valence-corrected chi connectivity index (χ2v) is 10.6. The number of pyridine rings is 1. The summed E-state index contributed by atoms with van der Waals surface area (Å²) in [6.07, 6.45) is -5.37. The average Bonchev–Trinajstić information content (AvgIpc) is 2.94. The smallest absolute Gasteiger partial charge is 0.408 e. The number of hydrogen-bond acceptors (Lipinski definition) is 4. The first kappa shape index (κ1) is 32.2. The molecule has 44 heavy (non-hydrogen) atoms. The minimum atomic E-state index is -4.68. The zero-order valence-electron chi connectivity index (χ0n) is 24.3. The number of alkyl halides is 3. The van der Waals surface area contributed by atoms with Gasteiger partial charge in [0.15, 0.2) is 0 Å². The molecular weight excluding hydrogens is 585 g/mol. The van der Waals surface area contributed by atoms with Gasteiger partial charge in [-0.05, 0) is 65.9 Å². The van der Waals surface area contributed by atoms with Crippen LogP contribution in [0.15, 0.2) is 59.4 Å². The summed E-state index contributed by atoms with van der Waals surface area (Å²) >= 11 is 0. The van der Waals surface area contributed by atoms with E-state index < -0.39 is 59.4 Å². The molecule has 1 heterocycles. The Kier molecular flexibility index (Phi) is 9.12. The molecule has 0 fully saturated rings. The molecule has 2 atom stereocenters. The molecule has 3 aromatic carbocycles. The van der Waals surface area contributed by atoms with E-state index in [4.69, 9.17) is 0 Å². The van der Waals surface area contributed by atoms with Crippen LogP contribution in [0.5, 0.6) is 0 Å². The van der Waals surface area contributed by atoms with Gasteiger partial charge in [-0.25, -0.2) is 13.6 Å². The van der Waals surface area contributed by atoms with Crippen molar-refractivity contribution >= 4 is 28.3 Å². The van der Waals surface area contributed by atoms with Crippen LogP contribution in [0, 0.1) is 25.5 Å². The zero-order valence-corrected chi connectivity index (χ0v) is 24.3. The molecule has 0 unspecified atom stereocenters. The van der Waals surface area contributed by atoms with E-state index in [1.165, 1.54) is 11.5 Å². The van der Waals surface area contributed by atoms with E-state index in [9.17, 15) is 41.4 Å². The van der Waals surface area contributed by atoms with E-state index >= 15 is 0 Å². The lowest BCUT2D eigenvalue weighted by atomic mass is 9.91. The number of anilines is 1. The predicted octanol–water partition coefficient (Wildman–Crippen LogP) is 6.28. The van der Waals surface area contributed by atoms with Gasteiger partial charge in [-0.3, -0.25) is 9.59 Å². The third-order valence-corrected chi connectivity index (χ3v) is 7.59. The summed E-state index contributed by atoms with van der Waals surface area (Å²) in [6, 6.07) is 9.61. The predicted molar refractivity (Wildman–Crippen MR) is 157 cm³/mol. The maximum atomic E-state index is 14.8. The maximum absolute atomic E-state index is 14.8. The Morgan fingerprint density at radius 2 is 1.59 bits per heavy atom. The number of carbonyl (C=O) groups is 2. The van der Waals surface area contributed by atoms with Gasteiger partial charge in [-0.15, -0.1) is 0 Å². The first-order chi connectivity index (χ1) is 20.6. The number of halogens is 5. The van der Waals surface area contributed by atoms with Crippen molar-refractivity contribution in [2.45, 2.75) is 51.9 Å². The van der Waals surface area contributed by atoms with E-state index in [0.29, 0.717) is 39.6 Å². The Balaban J connectivity index is 1.66. The van der Waals surface area contributed by atoms with Crippen molar-refractivity contribution < 1.29 is 36.6 Å². The summed E-state index contributed by atoms with van der Waals surface area (Å²) in [6.45, 7) is 4.88. The fourth-order valence-electron chi connectivity index (χ4n) is 5.20. The lowest BCUT2D eigenvalue weighted by molar-refractivity contribution is -0.143. The highest BCUT2D eigenvalue weighted by molar-refractivity contribution is 6.00. The van der Waals surface area contributed by atoms with Crippen molar-refractivity contribution in [1.29, 1.82) is 0 Å². The molecule has 0 radical (unpaired) electrons. The molecule has 3 N–H and O–H groups in total. The quantitative estimate of drug-likeness (QED) is 0.193. The Labute approximate surface area is 249 Å². The van der Waals surface area contributed by atoms with Crippen LogP contribution in [-0.2, 0) is 18.3 Å². The van der Waals surface area contributed by atoms with Crippen LogP contribution < -0.4 is 16.2 Å². The van der Waals surface area contributed by atoms with Crippen molar-refractivity contribution in [3.05, 3.63) is 99.0 Å². The lowest BCUT2D eigenvalue weighted by Gasteiger charge is -2.22. The van der Waals surface area contributed by atoms with Crippen molar-refractivity contribution in [2.75, 3.05) is 5.32 Å². The monoisotopic (exact) mass is 615 g/mol. The molecule has 1 amide bonds. The Bertz CT molecular complexity index is 1790. The minimum absolute atomic E-state index is 0.204. The van der Waals surface area contributed by atoms with Crippen LogP contribution in [0.4, 0.5) is 27.6 Å². The number of aromatic nitrogens is 1. The van der Waals surface area contributed by atoms with Gasteiger partial charge >= 0.3 is 12.1 Å². The van der Waals surface area contributed by atoms with Crippen molar-refractivity contribution in [3.8, 4) is 11.1 Å². The summed E-state index contributed by atoms with van der Waals surface area (Å²) in [5, 5.41) is 15.3. The van der Waals surface area contributed by atoms with Crippen molar-refractivity contribution in [3.63, 3.8) is 0 Å². The summed E-state index contributed by atoms with van der Waals surface area (Å²) in [5.74, 6) is -5.79. The van der Waals surface area contributed by atoms with E-state index in [1.807, 2.05) is 25.2 Å². The van der Waals surface area contributed by atoms with E-state index in [1.54, 1.807) is 43.4 Å². The topological polar surface area (TPSA) is 100 Å². The van der Waals surface area contributed by atoms with Crippen molar-refractivity contribution in [2.24, 2.45) is 7.05 Å². The molecule has 0 aliphatic heterocycles. The van der Waals surface area contributed by atoms with E-state index in [0.717, 1.165) is 11.3 Å². The SMILES string of the molecule is CC[C@@H](Nc1cc(F)c(C(=O)N[C@@H](Cc2ccc(-c3c(C)cc(C)n(C)c3=O)c3ccccc23)C(=O)O)c(F)c1)C(F)(F)F. The molecule has 1 aromatic heterocycles. The largest absolute Gasteiger partial charge is 0.480 e. The van der Waals surface area contributed by atoms with Crippen LogP contribution >= 0.6 is 0 Å². The number of carboxylic acid groups (broad SMARTS) is 1. The zero-order chi connectivity index (χ0) is 32.5. The van der Waals surface area contributed by atoms with Crippen molar-refractivity contribution in [1.82, 2.24) is 9.88 Å². The third-order valence-electron chi connectivity index (χ3n) is 7.59. The number of aliphatic carboxylic acids is 1. The minimum Gasteiger partial charge on any atom is -0.480 e. The molecule has 12 heteroatoms. The first-order valence-corrected chi connectivity index (χ1v) is 13.7. The lowest BCUT2D eigenvalue weighted by Crippen LogP contribution is -2.43. The van der Waals surface area contributed by atoms with Crippen LogP contribution in [0.25, 0.3) is 21.9 Å². The fraction of sp³-hybridized carbons (Fsp3) is 0.281. The van der Waals surface area contributed by atoms with E-state index in [-0.39, 0.29) is 12.0 Å². The summed E-state index contributed by atoms with van der Waals surface area (Å²) in [7, 11) is 1.66. The van der Waals surface area contributed by atoms with Gasteiger partial charge in [-0.2, -0.15) is 13.2 Å². The van der Waals surface area contributed by atoms with Gasteiger partial charge in [0, 0.05) is 24.8 Å². The van der Waals surface area contributed by atoms with Crippen LogP contribution in [-0.4, -0.2) is 39.8 Å². The molecule has 0 aliphatic rings. The molecule has 0 bridgehead atoms.